The summed E-state index contributed by atoms with van der Waals surface area (Å²) in [5, 5.41) is 9.49. The fourth-order valence-electron chi connectivity index (χ4n) is 2.41. The van der Waals surface area contributed by atoms with Crippen LogP contribution in [0.3, 0.4) is 0 Å². The minimum Gasteiger partial charge on any atom is -0.480 e. The smallest absolute Gasteiger partial charge is 0.325 e. The number of aryl methyl sites for hydroxylation is 1. The number of carboxylic acids is 1. The third-order valence-corrected chi connectivity index (χ3v) is 3.30. The molecule has 0 saturated carbocycles. The average Bonchev–Trinajstić information content (AvgIpc) is 2.39. The summed E-state index contributed by atoms with van der Waals surface area (Å²) in [4.78, 5) is 13.4. The molecule has 0 aromatic heterocycles. The predicted molar refractivity (Wildman–Crippen MR) is 79.5 cm³/mol. The van der Waals surface area contributed by atoms with E-state index >= 15 is 0 Å². The molecule has 2 aromatic rings. The van der Waals surface area contributed by atoms with Gasteiger partial charge < -0.3 is 5.11 Å². The van der Waals surface area contributed by atoms with Crippen molar-refractivity contribution in [2.45, 2.75) is 19.5 Å². The van der Waals surface area contributed by atoms with Crippen molar-refractivity contribution < 1.29 is 9.90 Å². The molecule has 0 aliphatic carbocycles. The first-order chi connectivity index (χ1) is 9.58. The molecule has 1 unspecified atom stereocenters. The summed E-state index contributed by atoms with van der Waals surface area (Å²) in [5.74, 6) is -0.827. The molecule has 0 radical (unpaired) electrons. The van der Waals surface area contributed by atoms with Crippen molar-refractivity contribution in [3.63, 3.8) is 0 Å². The maximum Gasteiger partial charge on any atom is 0.325 e. The fourth-order valence-corrected chi connectivity index (χ4v) is 2.41. The van der Waals surface area contributed by atoms with Gasteiger partial charge in [-0.15, -0.1) is 0 Å². The van der Waals surface area contributed by atoms with E-state index in [-0.39, 0.29) is 0 Å². The first-order valence-corrected chi connectivity index (χ1v) is 6.61. The maximum atomic E-state index is 11.6. The van der Waals surface area contributed by atoms with Crippen LogP contribution < -0.4 is 0 Å². The van der Waals surface area contributed by atoms with Crippen molar-refractivity contribution in [1.82, 2.24) is 4.90 Å². The molecule has 3 heteroatoms. The quantitative estimate of drug-likeness (QED) is 0.905. The second kappa shape index (κ2) is 6.35. The van der Waals surface area contributed by atoms with Crippen LogP contribution in [0.15, 0.2) is 54.6 Å². The summed E-state index contributed by atoms with van der Waals surface area (Å²) in [5.41, 5.74) is 3.10. The normalized spacial score (nSPS) is 12.3. The second-order valence-corrected chi connectivity index (χ2v) is 5.06. The van der Waals surface area contributed by atoms with E-state index in [1.54, 1.807) is 0 Å². The summed E-state index contributed by atoms with van der Waals surface area (Å²) in [7, 11) is 1.84. The second-order valence-electron chi connectivity index (χ2n) is 5.06. The Hall–Kier alpha value is -2.13. The van der Waals surface area contributed by atoms with Crippen molar-refractivity contribution in [1.29, 1.82) is 0 Å². The standard InChI is InChI=1S/C17H19NO2/c1-13-7-6-8-14(11-13)12-18(2)16(17(19)20)15-9-4-3-5-10-15/h3-11,16H,12H2,1-2H3,(H,19,20). The van der Waals surface area contributed by atoms with Gasteiger partial charge in [-0.25, -0.2) is 0 Å². The largest absolute Gasteiger partial charge is 0.480 e. The Morgan fingerprint density at radius 2 is 1.85 bits per heavy atom. The lowest BCUT2D eigenvalue weighted by Crippen LogP contribution is -2.30. The van der Waals surface area contributed by atoms with Crippen molar-refractivity contribution in [3.8, 4) is 0 Å². The number of carbonyl (C=O) groups is 1. The monoisotopic (exact) mass is 269 g/mol. The van der Waals surface area contributed by atoms with Crippen molar-refractivity contribution in [2.24, 2.45) is 0 Å². The first kappa shape index (κ1) is 14.3. The van der Waals surface area contributed by atoms with Crippen LogP contribution in [0.1, 0.15) is 22.7 Å². The van der Waals surface area contributed by atoms with Gasteiger partial charge >= 0.3 is 5.97 Å². The van der Waals surface area contributed by atoms with E-state index in [2.05, 4.69) is 6.07 Å². The SMILES string of the molecule is Cc1cccc(CN(C)C(C(=O)O)c2ccccc2)c1. The van der Waals surface area contributed by atoms with Gasteiger partial charge in [0.05, 0.1) is 0 Å². The Balaban J connectivity index is 2.20. The number of aliphatic carboxylic acids is 1. The van der Waals surface area contributed by atoms with E-state index in [4.69, 9.17) is 0 Å². The number of likely N-dealkylation sites (N-methyl/N-ethyl adjacent to an activating group) is 1. The Bertz CT molecular complexity index is 581. The Kier molecular flexibility index (Phi) is 4.53. The van der Waals surface area contributed by atoms with E-state index < -0.39 is 12.0 Å². The Morgan fingerprint density at radius 3 is 2.45 bits per heavy atom. The van der Waals surface area contributed by atoms with Crippen LogP contribution in [0, 0.1) is 6.92 Å². The zero-order chi connectivity index (χ0) is 14.5. The maximum absolute atomic E-state index is 11.6. The van der Waals surface area contributed by atoms with Gasteiger partial charge in [-0.05, 0) is 25.1 Å². The van der Waals surface area contributed by atoms with Crippen LogP contribution in [-0.4, -0.2) is 23.0 Å². The van der Waals surface area contributed by atoms with E-state index in [1.165, 1.54) is 5.56 Å². The molecule has 0 heterocycles. The van der Waals surface area contributed by atoms with Crippen LogP contribution in [0.2, 0.25) is 0 Å². The molecule has 1 atom stereocenters. The highest BCUT2D eigenvalue weighted by atomic mass is 16.4. The number of hydrogen-bond donors (Lipinski definition) is 1. The number of nitrogens with zero attached hydrogens (tertiary/aromatic N) is 1. The zero-order valence-electron chi connectivity index (χ0n) is 11.8. The van der Waals surface area contributed by atoms with Crippen LogP contribution in [0.4, 0.5) is 0 Å². The first-order valence-electron chi connectivity index (χ1n) is 6.61. The van der Waals surface area contributed by atoms with Gasteiger partial charge in [0, 0.05) is 6.54 Å². The van der Waals surface area contributed by atoms with E-state index in [0.717, 1.165) is 11.1 Å². The molecule has 0 saturated heterocycles. The minimum absolute atomic E-state index is 0.605. The van der Waals surface area contributed by atoms with Gasteiger partial charge in [0.2, 0.25) is 0 Å². The highest BCUT2D eigenvalue weighted by molar-refractivity contribution is 5.75. The molecule has 1 N–H and O–H groups in total. The van der Waals surface area contributed by atoms with E-state index in [9.17, 15) is 9.90 Å². The minimum atomic E-state index is -0.827. The van der Waals surface area contributed by atoms with Gasteiger partial charge in [-0.2, -0.15) is 0 Å². The third-order valence-electron chi connectivity index (χ3n) is 3.30. The summed E-state index contributed by atoms with van der Waals surface area (Å²) < 4.78 is 0. The molecule has 2 rings (SSSR count). The molecule has 2 aromatic carbocycles. The van der Waals surface area contributed by atoms with Crippen molar-refractivity contribution in [2.75, 3.05) is 7.05 Å². The summed E-state index contributed by atoms with van der Waals surface area (Å²) >= 11 is 0. The molecule has 104 valence electrons. The third kappa shape index (κ3) is 3.45. The molecular weight excluding hydrogens is 250 g/mol. The molecular formula is C17H19NO2. The molecule has 20 heavy (non-hydrogen) atoms. The Labute approximate surface area is 119 Å². The van der Waals surface area contributed by atoms with Gasteiger partial charge in [-0.3, -0.25) is 9.69 Å². The molecule has 0 aliphatic rings. The summed E-state index contributed by atoms with van der Waals surface area (Å²) in [6.45, 7) is 2.64. The van der Waals surface area contributed by atoms with Crippen molar-refractivity contribution in [3.05, 3.63) is 71.3 Å². The van der Waals surface area contributed by atoms with Crippen LogP contribution in [0.5, 0.6) is 0 Å². The lowest BCUT2D eigenvalue weighted by atomic mass is 10.0. The highest BCUT2D eigenvalue weighted by Crippen LogP contribution is 2.21. The van der Waals surface area contributed by atoms with E-state index in [0.29, 0.717) is 6.54 Å². The lowest BCUT2D eigenvalue weighted by molar-refractivity contribution is -0.143. The number of benzene rings is 2. The molecule has 0 fully saturated rings. The van der Waals surface area contributed by atoms with Gasteiger partial charge in [0.25, 0.3) is 0 Å². The summed E-state index contributed by atoms with van der Waals surface area (Å²) in [6, 6.07) is 16.8. The van der Waals surface area contributed by atoms with Crippen LogP contribution >= 0.6 is 0 Å². The predicted octanol–water partition coefficient (Wildman–Crippen LogP) is 3.25. The molecule has 0 aliphatic heterocycles. The van der Waals surface area contributed by atoms with Gasteiger partial charge in [-0.1, -0.05) is 60.2 Å². The van der Waals surface area contributed by atoms with Crippen molar-refractivity contribution >= 4 is 5.97 Å². The van der Waals surface area contributed by atoms with Gasteiger partial charge in [0.1, 0.15) is 6.04 Å². The molecule has 0 amide bonds. The molecule has 0 spiro atoms. The van der Waals surface area contributed by atoms with Gasteiger partial charge in [0.15, 0.2) is 0 Å². The molecule has 0 bridgehead atoms. The average molecular weight is 269 g/mol. The zero-order valence-corrected chi connectivity index (χ0v) is 11.8. The number of hydrogen-bond acceptors (Lipinski definition) is 2. The summed E-state index contributed by atoms with van der Waals surface area (Å²) in [6.07, 6.45) is 0. The lowest BCUT2D eigenvalue weighted by Gasteiger charge is -2.25. The molecule has 3 nitrogen and oxygen atoms in total. The van der Waals surface area contributed by atoms with Crippen LogP contribution in [0.25, 0.3) is 0 Å². The topological polar surface area (TPSA) is 40.5 Å². The van der Waals surface area contributed by atoms with E-state index in [1.807, 2.05) is 67.4 Å². The highest BCUT2D eigenvalue weighted by Gasteiger charge is 2.24. The van der Waals surface area contributed by atoms with Crippen LogP contribution in [-0.2, 0) is 11.3 Å². The number of carboxylic acid groups (broad SMARTS) is 1. The fraction of sp³-hybridized carbons (Fsp3) is 0.235. The Morgan fingerprint density at radius 1 is 1.15 bits per heavy atom. The number of rotatable bonds is 5.